The van der Waals surface area contributed by atoms with Crippen molar-refractivity contribution in [2.75, 3.05) is 13.2 Å². The Labute approximate surface area is 178 Å². The molecule has 2 aromatic rings. The first-order valence-electron chi connectivity index (χ1n) is 9.58. The lowest BCUT2D eigenvalue weighted by Crippen LogP contribution is -2.49. The van der Waals surface area contributed by atoms with E-state index >= 15 is 0 Å². The van der Waals surface area contributed by atoms with Crippen molar-refractivity contribution in [3.8, 4) is 0 Å². The van der Waals surface area contributed by atoms with Gasteiger partial charge < -0.3 is 35.6 Å². The van der Waals surface area contributed by atoms with E-state index in [9.17, 15) is 30.0 Å². The van der Waals surface area contributed by atoms with Gasteiger partial charge in [0, 0.05) is 18.8 Å². The standard InChI is InChI=1S/C21H26N2O8/c24-11-16(25)18(27)19(28)17(26)12-31-21(30)15(9-13-5-2-1-3-6-13)23-20(29)14-7-4-8-22-10-14/h1-8,10,15-19,24-28H,9,11-12H2,(H,23,29)/t15-,16+,17+,18+,19+/m0/s1. The van der Waals surface area contributed by atoms with E-state index in [1.807, 2.05) is 0 Å². The fourth-order valence-corrected chi connectivity index (χ4v) is 2.71. The number of aromatic nitrogens is 1. The molecule has 1 amide bonds. The molecule has 0 spiro atoms. The summed E-state index contributed by atoms with van der Waals surface area (Å²) in [5.74, 6) is -1.42. The zero-order chi connectivity index (χ0) is 22.8. The van der Waals surface area contributed by atoms with Crippen LogP contribution in [0.4, 0.5) is 0 Å². The summed E-state index contributed by atoms with van der Waals surface area (Å²) in [6.07, 6.45) is -4.17. The van der Waals surface area contributed by atoms with Crippen LogP contribution >= 0.6 is 0 Å². The molecule has 0 bridgehead atoms. The Morgan fingerprint density at radius 1 is 0.968 bits per heavy atom. The molecule has 10 heteroatoms. The molecular weight excluding hydrogens is 408 g/mol. The molecule has 2 rings (SSSR count). The fourth-order valence-electron chi connectivity index (χ4n) is 2.71. The molecule has 6 N–H and O–H groups in total. The van der Waals surface area contributed by atoms with Gasteiger partial charge in [-0.2, -0.15) is 0 Å². The number of hydrogen-bond acceptors (Lipinski definition) is 9. The van der Waals surface area contributed by atoms with Gasteiger partial charge in [0.05, 0.1) is 12.2 Å². The summed E-state index contributed by atoms with van der Waals surface area (Å²) in [6, 6.07) is 10.9. The molecule has 0 radical (unpaired) electrons. The minimum Gasteiger partial charge on any atom is -0.461 e. The summed E-state index contributed by atoms with van der Waals surface area (Å²) in [5.41, 5.74) is 0.989. The molecule has 168 valence electrons. The largest absolute Gasteiger partial charge is 0.461 e. The third-order valence-corrected chi connectivity index (χ3v) is 4.52. The highest BCUT2D eigenvalue weighted by atomic mass is 16.5. The zero-order valence-electron chi connectivity index (χ0n) is 16.6. The molecule has 5 atom stereocenters. The molecule has 0 saturated heterocycles. The van der Waals surface area contributed by atoms with Gasteiger partial charge in [-0.15, -0.1) is 0 Å². The average molecular weight is 434 g/mol. The number of benzene rings is 1. The van der Waals surface area contributed by atoms with Crippen molar-refractivity contribution in [3.63, 3.8) is 0 Å². The predicted octanol–water partition coefficient (Wildman–Crippen LogP) is -1.60. The van der Waals surface area contributed by atoms with Crippen LogP contribution in [-0.4, -0.2) is 86.1 Å². The lowest BCUT2D eigenvalue weighted by atomic mass is 10.0. The van der Waals surface area contributed by atoms with Crippen molar-refractivity contribution in [3.05, 3.63) is 66.0 Å². The summed E-state index contributed by atoms with van der Waals surface area (Å²) < 4.78 is 5.03. The number of aliphatic hydroxyl groups excluding tert-OH is 5. The fraction of sp³-hybridized carbons (Fsp3) is 0.381. The molecule has 0 fully saturated rings. The first-order chi connectivity index (χ1) is 14.8. The molecule has 1 aromatic heterocycles. The third kappa shape index (κ3) is 7.39. The zero-order valence-corrected chi connectivity index (χ0v) is 16.6. The quantitative estimate of drug-likeness (QED) is 0.228. The number of hydrogen-bond donors (Lipinski definition) is 6. The number of nitrogens with one attached hydrogen (secondary N) is 1. The van der Waals surface area contributed by atoms with Crippen LogP contribution in [-0.2, 0) is 16.0 Å². The summed E-state index contributed by atoms with van der Waals surface area (Å²) in [6.45, 7) is -1.53. The van der Waals surface area contributed by atoms with Crippen molar-refractivity contribution >= 4 is 11.9 Å². The lowest BCUT2D eigenvalue weighted by molar-refractivity contribution is -0.158. The monoisotopic (exact) mass is 434 g/mol. The summed E-state index contributed by atoms with van der Waals surface area (Å²) in [7, 11) is 0. The minimum atomic E-state index is -1.87. The van der Waals surface area contributed by atoms with Crippen molar-refractivity contribution < 1.29 is 39.9 Å². The second-order valence-electron chi connectivity index (χ2n) is 6.89. The Bertz CT molecular complexity index is 821. The highest BCUT2D eigenvalue weighted by molar-refractivity contribution is 5.96. The normalized spacial score (nSPS) is 15.9. The molecule has 0 saturated carbocycles. The molecular formula is C21H26N2O8. The van der Waals surface area contributed by atoms with Crippen LogP contribution < -0.4 is 5.32 Å². The first kappa shape index (κ1) is 24.4. The molecule has 0 aliphatic carbocycles. The Morgan fingerprint density at radius 3 is 2.26 bits per heavy atom. The van der Waals surface area contributed by atoms with Gasteiger partial charge in [0.2, 0.25) is 0 Å². The van der Waals surface area contributed by atoms with Gasteiger partial charge in [-0.25, -0.2) is 4.79 Å². The van der Waals surface area contributed by atoms with Crippen molar-refractivity contribution in [2.45, 2.75) is 36.9 Å². The van der Waals surface area contributed by atoms with Crippen molar-refractivity contribution in [2.24, 2.45) is 0 Å². The second-order valence-corrected chi connectivity index (χ2v) is 6.89. The van der Waals surface area contributed by atoms with Crippen LogP contribution in [0, 0.1) is 0 Å². The molecule has 1 heterocycles. The molecule has 1 aromatic carbocycles. The number of carbonyl (C=O) groups is 2. The van der Waals surface area contributed by atoms with Crippen LogP contribution in [0.25, 0.3) is 0 Å². The Balaban J connectivity index is 2.04. The smallest absolute Gasteiger partial charge is 0.329 e. The topological polar surface area (TPSA) is 169 Å². The van der Waals surface area contributed by atoms with E-state index in [-0.39, 0.29) is 12.0 Å². The number of rotatable bonds is 11. The first-order valence-corrected chi connectivity index (χ1v) is 9.58. The van der Waals surface area contributed by atoms with Gasteiger partial charge >= 0.3 is 5.97 Å². The maximum absolute atomic E-state index is 12.6. The number of carbonyl (C=O) groups excluding carboxylic acids is 2. The van der Waals surface area contributed by atoms with Gasteiger partial charge in [-0.3, -0.25) is 9.78 Å². The van der Waals surface area contributed by atoms with Crippen LogP contribution in [0.15, 0.2) is 54.9 Å². The number of ether oxygens (including phenoxy) is 1. The highest BCUT2D eigenvalue weighted by Gasteiger charge is 2.32. The van der Waals surface area contributed by atoms with E-state index in [0.717, 1.165) is 5.56 Å². The predicted molar refractivity (Wildman–Crippen MR) is 108 cm³/mol. The second kappa shape index (κ2) is 12.1. The molecule has 0 unspecified atom stereocenters. The van der Waals surface area contributed by atoms with E-state index in [1.54, 1.807) is 36.4 Å². The molecule has 31 heavy (non-hydrogen) atoms. The van der Waals surface area contributed by atoms with Crippen LogP contribution in [0.5, 0.6) is 0 Å². The van der Waals surface area contributed by atoms with Gasteiger partial charge in [0.1, 0.15) is 37.1 Å². The third-order valence-electron chi connectivity index (χ3n) is 4.52. The van der Waals surface area contributed by atoms with Gasteiger partial charge in [-0.1, -0.05) is 30.3 Å². The van der Waals surface area contributed by atoms with Crippen molar-refractivity contribution in [1.82, 2.24) is 10.3 Å². The number of amides is 1. The minimum absolute atomic E-state index is 0.107. The Kier molecular flexibility index (Phi) is 9.50. The number of nitrogens with zero attached hydrogens (tertiary/aromatic N) is 1. The van der Waals surface area contributed by atoms with E-state index in [1.165, 1.54) is 18.5 Å². The van der Waals surface area contributed by atoms with Gasteiger partial charge in [0.25, 0.3) is 5.91 Å². The van der Waals surface area contributed by atoms with Crippen LogP contribution in [0.2, 0.25) is 0 Å². The summed E-state index contributed by atoms with van der Waals surface area (Å²) in [5, 5.41) is 50.1. The summed E-state index contributed by atoms with van der Waals surface area (Å²) >= 11 is 0. The Hall–Kier alpha value is -2.89. The molecule has 10 nitrogen and oxygen atoms in total. The number of esters is 1. The Morgan fingerprint density at radius 2 is 1.65 bits per heavy atom. The van der Waals surface area contributed by atoms with Crippen LogP contribution in [0.1, 0.15) is 15.9 Å². The van der Waals surface area contributed by atoms with E-state index in [0.29, 0.717) is 0 Å². The highest BCUT2D eigenvalue weighted by Crippen LogP contribution is 2.09. The maximum atomic E-state index is 12.6. The lowest BCUT2D eigenvalue weighted by Gasteiger charge is -2.26. The van der Waals surface area contributed by atoms with E-state index < -0.39 is 55.5 Å². The van der Waals surface area contributed by atoms with Gasteiger partial charge in [-0.05, 0) is 17.7 Å². The molecule has 0 aliphatic rings. The number of pyridine rings is 1. The SMILES string of the molecule is O=C(N[C@@H](Cc1ccccc1)C(=O)OC[C@@H](O)[C@@H](O)[C@H](O)[C@H](O)CO)c1cccnc1. The number of aliphatic hydroxyl groups is 5. The van der Waals surface area contributed by atoms with Gasteiger partial charge in [0.15, 0.2) is 0 Å². The van der Waals surface area contributed by atoms with E-state index in [4.69, 9.17) is 9.84 Å². The maximum Gasteiger partial charge on any atom is 0.329 e. The average Bonchev–Trinajstić information content (AvgIpc) is 2.81. The van der Waals surface area contributed by atoms with E-state index in [2.05, 4.69) is 10.3 Å². The molecule has 0 aliphatic heterocycles. The van der Waals surface area contributed by atoms with Crippen LogP contribution in [0.3, 0.4) is 0 Å². The summed E-state index contributed by atoms with van der Waals surface area (Å²) in [4.78, 5) is 28.9. The van der Waals surface area contributed by atoms with Crippen molar-refractivity contribution in [1.29, 1.82) is 0 Å².